The first-order chi connectivity index (χ1) is 18.9. The molecular weight excluding hydrogens is 499 g/mol. The molecule has 2 aliphatic heterocycles. The molecule has 208 valence electrons. The topological polar surface area (TPSA) is 95.9 Å². The quantitative estimate of drug-likeness (QED) is 0.397. The van der Waals surface area contributed by atoms with Gasteiger partial charge in [-0.1, -0.05) is 54.6 Å². The van der Waals surface area contributed by atoms with Gasteiger partial charge >= 0.3 is 5.97 Å². The van der Waals surface area contributed by atoms with Gasteiger partial charge < -0.3 is 20.1 Å². The minimum absolute atomic E-state index is 0.0104. The fourth-order valence-corrected chi connectivity index (χ4v) is 5.36. The Kier molecular flexibility index (Phi) is 10.3. The molecule has 39 heavy (non-hydrogen) atoms. The average molecular weight is 537 g/mol. The maximum absolute atomic E-state index is 13.5. The SMILES string of the molecule is O=C(C[C@H]1C/C=C\C[C@@H](Cc2ccc(F)cc2)C(=O)OC[C@H]2CCCN2C1=O)N[C@@H](CO)Cc1ccccc1. The van der Waals surface area contributed by atoms with Crippen LogP contribution in [0.3, 0.4) is 0 Å². The predicted octanol–water partition coefficient (Wildman–Crippen LogP) is 3.59. The van der Waals surface area contributed by atoms with Crippen molar-refractivity contribution < 1.29 is 28.6 Å². The van der Waals surface area contributed by atoms with Crippen LogP contribution in [-0.4, -0.2) is 59.6 Å². The molecule has 0 radical (unpaired) electrons. The number of fused-ring (bicyclic) bond motifs is 1. The van der Waals surface area contributed by atoms with Gasteiger partial charge in [0.25, 0.3) is 0 Å². The minimum Gasteiger partial charge on any atom is -0.463 e. The lowest BCUT2D eigenvalue weighted by atomic mass is 9.94. The Morgan fingerprint density at radius 3 is 2.46 bits per heavy atom. The van der Waals surface area contributed by atoms with Crippen LogP contribution in [0.25, 0.3) is 0 Å². The number of amides is 2. The van der Waals surface area contributed by atoms with Gasteiger partial charge in [-0.25, -0.2) is 4.39 Å². The van der Waals surface area contributed by atoms with Gasteiger partial charge in [0.05, 0.1) is 30.5 Å². The van der Waals surface area contributed by atoms with Gasteiger partial charge in [-0.05, 0) is 61.8 Å². The number of hydrogen-bond acceptors (Lipinski definition) is 5. The monoisotopic (exact) mass is 536 g/mol. The zero-order valence-corrected chi connectivity index (χ0v) is 22.1. The molecule has 2 heterocycles. The number of rotatable bonds is 8. The third-order valence-electron chi connectivity index (χ3n) is 7.51. The average Bonchev–Trinajstić information content (AvgIpc) is 3.41. The van der Waals surface area contributed by atoms with Crippen molar-refractivity contribution in [2.75, 3.05) is 19.8 Å². The summed E-state index contributed by atoms with van der Waals surface area (Å²) in [5.41, 5.74) is 1.85. The van der Waals surface area contributed by atoms with Crippen LogP contribution < -0.4 is 5.32 Å². The van der Waals surface area contributed by atoms with E-state index >= 15 is 0 Å². The molecule has 2 aromatic carbocycles. The van der Waals surface area contributed by atoms with Crippen molar-refractivity contribution in [2.45, 2.75) is 57.0 Å². The third kappa shape index (κ3) is 8.23. The molecule has 0 spiro atoms. The highest BCUT2D eigenvalue weighted by Gasteiger charge is 2.35. The molecule has 4 rings (SSSR count). The molecule has 1 fully saturated rings. The molecule has 0 aliphatic carbocycles. The van der Waals surface area contributed by atoms with Crippen LogP contribution in [0, 0.1) is 17.7 Å². The zero-order valence-electron chi connectivity index (χ0n) is 22.1. The summed E-state index contributed by atoms with van der Waals surface area (Å²) in [6.07, 6.45) is 6.99. The standard InChI is InChI=1S/C31H37FN2O5/c32-26-14-12-23(13-15-26)17-25-10-5-4-9-24(30(37)34-16-6-11-28(34)21-39-31(25)38)19-29(36)33-27(20-35)18-22-7-2-1-3-8-22/h1-5,7-8,12-15,24-25,27-28,35H,6,9-11,16-21H2,(H,33,36)/b5-4-/t24-,25+,27-,28-/m1/s1. The van der Waals surface area contributed by atoms with Gasteiger partial charge in [-0.3, -0.25) is 14.4 Å². The van der Waals surface area contributed by atoms with Crippen LogP contribution in [0.2, 0.25) is 0 Å². The number of ether oxygens (including phenoxy) is 1. The molecule has 7 nitrogen and oxygen atoms in total. The highest BCUT2D eigenvalue weighted by atomic mass is 19.1. The number of aliphatic hydroxyl groups is 1. The van der Waals surface area contributed by atoms with E-state index in [4.69, 9.17) is 4.74 Å². The van der Waals surface area contributed by atoms with E-state index < -0.39 is 17.9 Å². The van der Waals surface area contributed by atoms with E-state index in [0.29, 0.717) is 32.2 Å². The molecule has 2 amide bonds. The summed E-state index contributed by atoms with van der Waals surface area (Å²) >= 11 is 0. The van der Waals surface area contributed by atoms with Gasteiger partial charge in [-0.15, -0.1) is 0 Å². The number of hydrogen-bond donors (Lipinski definition) is 2. The number of cyclic esters (lactones) is 1. The summed E-state index contributed by atoms with van der Waals surface area (Å²) in [6, 6.07) is 15.1. The smallest absolute Gasteiger partial charge is 0.309 e. The van der Waals surface area contributed by atoms with E-state index in [-0.39, 0.29) is 49.3 Å². The van der Waals surface area contributed by atoms with E-state index in [0.717, 1.165) is 24.0 Å². The molecule has 0 aromatic heterocycles. The number of carbonyl (C=O) groups excluding carboxylic acids is 3. The molecule has 4 atom stereocenters. The van der Waals surface area contributed by atoms with Crippen molar-refractivity contribution in [2.24, 2.45) is 11.8 Å². The lowest BCUT2D eigenvalue weighted by molar-refractivity contribution is -0.152. The van der Waals surface area contributed by atoms with Crippen LogP contribution in [0.5, 0.6) is 0 Å². The maximum Gasteiger partial charge on any atom is 0.309 e. The lowest BCUT2D eigenvalue weighted by Crippen LogP contribution is -2.45. The number of benzene rings is 2. The number of halogens is 1. The lowest BCUT2D eigenvalue weighted by Gasteiger charge is -2.29. The molecular formula is C31H37FN2O5. The Bertz CT molecular complexity index is 1140. The second kappa shape index (κ2) is 14.0. The second-order valence-electron chi connectivity index (χ2n) is 10.5. The van der Waals surface area contributed by atoms with Crippen molar-refractivity contribution in [1.29, 1.82) is 0 Å². The first-order valence-corrected chi connectivity index (χ1v) is 13.7. The number of allylic oxidation sites excluding steroid dienone is 2. The molecule has 0 bridgehead atoms. The number of nitrogens with one attached hydrogen (secondary N) is 1. The van der Waals surface area contributed by atoms with Crippen LogP contribution in [-0.2, 0) is 32.0 Å². The van der Waals surface area contributed by atoms with Crippen LogP contribution in [0.1, 0.15) is 43.2 Å². The van der Waals surface area contributed by atoms with E-state index in [2.05, 4.69) is 5.32 Å². The second-order valence-corrected chi connectivity index (χ2v) is 10.5. The Morgan fingerprint density at radius 2 is 1.74 bits per heavy atom. The molecule has 2 N–H and O–H groups in total. The summed E-state index contributed by atoms with van der Waals surface area (Å²) in [7, 11) is 0. The summed E-state index contributed by atoms with van der Waals surface area (Å²) in [5, 5.41) is 12.7. The number of nitrogens with zero attached hydrogens (tertiary/aromatic N) is 1. The van der Waals surface area contributed by atoms with Crippen molar-refractivity contribution in [1.82, 2.24) is 10.2 Å². The van der Waals surface area contributed by atoms with Crippen molar-refractivity contribution >= 4 is 17.8 Å². The first kappa shape index (κ1) is 28.5. The maximum atomic E-state index is 13.5. The molecule has 0 saturated carbocycles. The van der Waals surface area contributed by atoms with Gasteiger partial charge in [0.15, 0.2) is 0 Å². The number of aliphatic hydroxyl groups excluding tert-OH is 1. The first-order valence-electron chi connectivity index (χ1n) is 13.7. The van der Waals surface area contributed by atoms with Gasteiger partial charge in [0.1, 0.15) is 12.4 Å². The fraction of sp³-hybridized carbons (Fsp3) is 0.452. The molecule has 0 unspecified atom stereocenters. The van der Waals surface area contributed by atoms with Gasteiger partial charge in [0, 0.05) is 13.0 Å². The van der Waals surface area contributed by atoms with Gasteiger partial charge in [0.2, 0.25) is 11.8 Å². The summed E-state index contributed by atoms with van der Waals surface area (Å²) in [6.45, 7) is 0.486. The molecule has 2 aromatic rings. The Labute approximate surface area is 229 Å². The highest BCUT2D eigenvalue weighted by Crippen LogP contribution is 2.25. The van der Waals surface area contributed by atoms with Crippen LogP contribution >= 0.6 is 0 Å². The zero-order chi connectivity index (χ0) is 27.6. The van der Waals surface area contributed by atoms with Crippen LogP contribution in [0.4, 0.5) is 4.39 Å². The molecule has 8 heteroatoms. The normalized spacial score (nSPS) is 23.6. The van der Waals surface area contributed by atoms with E-state index in [9.17, 15) is 23.9 Å². The minimum atomic E-state index is -0.552. The number of carbonyl (C=O) groups is 3. The predicted molar refractivity (Wildman–Crippen MR) is 145 cm³/mol. The van der Waals surface area contributed by atoms with Crippen molar-refractivity contribution in [3.63, 3.8) is 0 Å². The highest BCUT2D eigenvalue weighted by molar-refractivity contribution is 5.86. The Morgan fingerprint density at radius 1 is 1.03 bits per heavy atom. The number of esters is 1. The largest absolute Gasteiger partial charge is 0.463 e. The summed E-state index contributed by atoms with van der Waals surface area (Å²) in [4.78, 5) is 41.2. The van der Waals surface area contributed by atoms with E-state index in [1.807, 2.05) is 42.5 Å². The van der Waals surface area contributed by atoms with Crippen molar-refractivity contribution in [3.8, 4) is 0 Å². The Hall–Kier alpha value is -3.52. The van der Waals surface area contributed by atoms with E-state index in [1.54, 1.807) is 17.0 Å². The Balaban J connectivity index is 1.44. The third-order valence-corrected chi connectivity index (χ3v) is 7.51. The molecule has 2 aliphatic rings. The van der Waals surface area contributed by atoms with Crippen molar-refractivity contribution in [3.05, 3.63) is 83.7 Å². The summed E-state index contributed by atoms with van der Waals surface area (Å²) in [5.74, 6) is -2.02. The summed E-state index contributed by atoms with van der Waals surface area (Å²) < 4.78 is 19.0. The fourth-order valence-electron chi connectivity index (χ4n) is 5.36. The van der Waals surface area contributed by atoms with Crippen LogP contribution in [0.15, 0.2) is 66.7 Å². The van der Waals surface area contributed by atoms with Gasteiger partial charge in [-0.2, -0.15) is 0 Å². The van der Waals surface area contributed by atoms with E-state index in [1.165, 1.54) is 12.1 Å². The molecule has 1 saturated heterocycles.